The Bertz CT molecular complexity index is 287. The van der Waals surface area contributed by atoms with Crippen molar-refractivity contribution in [2.75, 3.05) is 33.5 Å². The first-order valence-corrected chi connectivity index (χ1v) is 7.52. The smallest absolute Gasteiger partial charge is 0.0846 e. The summed E-state index contributed by atoms with van der Waals surface area (Å²) in [5.74, 6) is 0. The highest BCUT2D eigenvalue weighted by molar-refractivity contribution is 5.03. The molecule has 112 valence electrons. The molecule has 1 aliphatic heterocycles. The van der Waals surface area contributed by atoms with Crippen molar-refractivity contribution < 1.29 is 14.2 Å². The first kappa shape index (κ1) is 15.2. The molecule has 1 aliphatic carbocycles. The normalized spacial score (nSPS) is 32.8. The van der Waals surface area contributed by atoms with Crippen molar-refractivity contribution >= 4 is 0 Å². The summed E-state index contributed by atoms with van der Waals surface area (Å²) < 4.78 is 17.0. The van der Waals surface area contributed by atoms with Crippen molar-refractivity contribution in [1.82, 2.24) is 5.32 Å². The fourth-order valence-corrected chi connectivity index (χ4v) is 3.22. The number of methoxy groups -OCH3 is 1. The monoisotopic (exact) mass is 271 g/mol. The van der Waals surface area contributed by atoms with E-state index in [2.05, 4.69) is 26.1 Å². The SMILES string of the molecule is CCO[C@@H]1C[C@@H](NCC2(OC)CCOCC2)C1(C)C. The van der Waals surface area contributed by atoms with E-state index in [4.69, 9.17) is 14.2 Å². The van der Waals surface area contributed by atoms with Crippen LogP contribution in [0.3, 0.4) is 0 Å². The van der Waals surface area contributed by atoms with E-state index in [1.807, 2.05) is 7.11 Å². The molecule has 2 aliphatic rings. The molecule has 0 bridgehead atoms. The second-order valence-electron chi connectivity index (χ2n) is 6.43. The highest BCUT2D eigenvalue weighted by Crippen LogP contribution is 2.43. The van der Waals surface area contributed by atoms with Gasteiger partial charge >= 0.3 is 0 Å². The van der Waals surface area contributed by atoms with Gasteiger partial charge in [-0.3, -0.25) is 0 Å². The molecule has 2 fully saturated rings. The largest absolute Gasteiger partial charge is 0.381 e. The Labute approximate surface area is 117 Å². The molecular formula is C15H29NO3. The van der Waals surface area contributed by atoms with Crippen molar-refractivity contribution in [2.24, 2.45) is 5.41 Å². The van der Waals surface area contributed by atoms with E-state index in [1.54, 1.807) is 0 Å². The van der Waals surface area contributed by atoms with Crippen LogP contribution in [-0.4, -0.2) is 51.2 Å². The van der Waals surface area contributed by atoms with E-state index < -0.39 is 0 Å². The topological polar surface area (TPSA) is 39.7 Å². The molecule has 1 saturated heterocycles. The molecule has 0 spiro atoms. The van der Waals surface area contributed by atoms with Gasteiger partial charge in [-0.1, -0.05) is 13.8 Å². The molecule has 4 heteroatoms. The van der Waals surface area contributed by atoms with Gasteiger partial charge in [-0.15, -0.1) is 0 Å². The molecule has 2 atom stereocenters. The summed E-state index contributed by atoms with van der Waals surface area (Å²) in [6.07, 6.45) is 3.47. The van der Waals surface area contributed by atoms with Gasteiger partial charge in [0.25, 0.3) is 0 Å². The van der Waals surface area contributed by atoms with E-state index >= 15 is 0 Å². The van der Waals surface area contributed by atoms with Gasteiger partial charge in [0.2, 0.25) is 0 Å². The van der Waals surface area contributed by atoms with Crippen LogP contribution in [-0.2, 0) is 14.2 Å². The molecule has 0 aromatic rings. The van der Waals surface area contributed by atoms with Gasteiger partial charge in [0.15, 0.2) is 0 Å². The summed E-state index contributed by atoms with van der Waals surface area (Å²) in [6, 6.07) is 0.527. The molecule has 0 aromatic heterocycles. The Morgan fingerprint density at radius 2 is 1.95 bits per heavy atom. The molecule has 1 N–H and O–H groups in total. The number of ether oxygens (including phenoxy) is 3. The van der Waals surface area contributed by atoms with Crippen molar-refractivity contribution in [3.63, 3.8) is 0 Å². The first-order chi connectivity index (χ1) is 9.04. The predicted molar refractivity (Wildman–Crippen MR) is 75.4 cm³/mol. The first-order valence-electron chi connectivity index (χ1n) is 7.52. The van der Waals surface area contributed by atoms with E-state index in [-0.39, 0.29) is 11.0 Å². The van der Waals surface area contributed by atoms with E-state index in [0.29, 0.717) is 12.1 Å². The minimum atomic E-state index is -0.0367. The van der Waals surface area contributed by atoms with Gasteiger partial charge in [0.1, 0.15) is 0 Å². The second kappa shape index (κ2) is 6.08. The third kappa shape index (κ3) is 3.13. The lowest BCUT2D eigenvalue weighted by Crippen LogP contribution is -2.63. The van der Waals surface area contributed by atoms with Gasteiger partial charge in [0, 0.05) is 57.8 Å². The highest BCUT2D eigenvalue weighted by Gasteiger charge is 2.49. The Morgan fingerprint density at radius 1 is 1.26 bits per heavy atom. The fourth-order valence-electron chi connectivity index (χ4n) is 3.22. The average Bonchev–Trinajstić information content (AvgIpc) is 2.43. The minimum Gasteiger partial charge on any atom is -0.381 e. The van der Waals surface area contributed by atoms with Crippen molar-refractivity contribution in [3.05, 3.63) is 0 Å². The zero-order valence-corrected chi connectivity index (χ0v) is 12.8. The van der Waals surface area contributed by atoms with Crippen LogP contribution in [0.2, 0.25) is 0 Å². The van der Waals surface area contributed by atoms with Gasteiger partial charge in [-0.05, 0) is 13.3 Å². The lowest BCUT2D eigenvalue weighted by Gasteiger charge is -2.53. The van der Waals surface area contributed by atoms with Gasteiger partial charge < -0.3 is 19.5 Å². The van der Waals surface area contributed by atoms with Crippen LogP contribution in [0.4, 0.5) is 0 Å². The number of hydrogen-bond acceptors (Lipinski definition) is 4. The number of nitrogens with one attached hydrogen (secondary N) is 1. The maximum Gasteiger partial charge on any atom is 0.0846 e. The van der Waals surface area contributed by atoms with Crippen molar-refractivity contribution in [3.8, 4) is 0 Å². The summed E-state index contributed by atoms with van der Waals surface area (Å²) >= 11 is 0. The Hall–Kier alpha value is -0.160. The second-order valence-corrected chi connectivity index (χ2v) is 6.43. The maximum absolute atomic E-state index is 5.78. The Morgan fingerprint density at radius 3 is 2.47 bits per heavy atom. The molecule has 1 heterocycles. The van der Waals surface area contributed by atoms with Gasteiger partial charge in [0.05, 0.1) is 11.7 Å². The van der Waals surface area contributed by atoms with Crippen LogP contribution >= 0.6 is 0 Å². The number of hydrogen-bond donors (Lipinski definition) is 1. The summed E-state index contributed by atoms with van der Waals surface area (Å²) in [6.45, 7) is 9.99. The zero-order chi connectivity index (χ0) is 13.9. The summed E-state index contributed by atoms with van der Waals surface area (Å²) in [5, 5.41) is 3.70. The molecule has 0 unspecified atom stereocenters. The van der Waals surface area contributed by atoms with Gasteiger partial charge in [-0.25, -0.2) is 0 Å². The van der Waals surface area contributed by atoms with E-state index in [0.717, 1.165) is 45.6 Å². The predicted octanol–water partition coefficient (Wildman–Crippen LogP) is 1.98. The van der Waals surface area contributed by atoms with Crippen LogP contribution in [0.5, 0.6) is 0 Å². The lowest BCUT2D eigenvalue weighted by atomic mass is 9.64. The molecular weight excluding hydrogens is 242 g/mol. The van der Waals surface area contributed by atoms with Crippen LogP contribution in [0, 0.1) is 5.41 Å². The third-order valence-corrected chi connectivity index (χ3v) is 5.05. The fraction of sp³-hybridized carbons (Fsp3) is 1.00. The quantitative estimate of drug-likeness (QED) is 0.802. The summed E-state index contributed by atoms with van der Waals surface area (Å²) in [4.78, 5) is 0. The van der Waals surface area contributed by atoms with Crippen LogP contribution < -0.4 is 5.32 Å². The summed E-state index contributed by atoms with van der Waals surface area (Å²) in [7, 11) is 1.82. The van der Waals surface area contributed by atoms with Crippen LogP contribution in [0.1, 0.15) is 40.0 Å². The standard InChI is InChI=1S/C15H29NO3/c1-5-19-13-10-12(14(13,2)3)16-11-15(17-4)6-8-18-9-7-15/h12-13,16H,5-11H2,1-4H3/t12-,13-/m1/s1. The van der Waals surface area contributed by atoms with Crippen molar-refractivity contribution in [2.45, 2.75) is 57.8 Å². The Balaban J connectivity index is 1.82. The van der Waals surface area contributed by atoms with E-state index in [9.17, 15) is 0 Å². The van der Waals surface area contributed by atoms with Crippen LogP contribution in [0.15, 0.2) is 0 Å². The molecule has 0 radical (unpaired) electrons. The molecule has 4 nitrogen and oxygen atoms in total. The third-order valence-electron chi connectivity index (χ3n) is 5.05. The molecule has 0 amide bonds. The highest BCUT2D eigenvalue weighted by atomic mass is 16.5. The maximum atomic E-state index is 5.78. The molecule has 2 rings (SSSR count). The average molecular weight is 271 g/mol. The lowest BCUT2D eigenvalue weighted by molar-refractivity contribution is -0.128. The minimum absolute atomic E-state index is 0.0367. The van der Waals surface area contributed by atoms with E-state index in [1.165, 1.54) is 0 Å². The summed E-state index contributed by atoms with van der Waals surface area (Å²) in [5.41, 5.74) is 0.182. The molecule has 19 heavy (non-hydrogen) atoms. The molecule has 0 aromatic carbocycles. The molecule has 1 saturated carbocycles. The zero-order valence-electron chi connectivity index (χ0n) is 12.8. The Kier molecular flexibility index (Phi) is 4.88. The van der Waals surface area contributed by atoms with Gasteiger partial charge in [-0.2, -0.15) is 0 Å². The van der Waals surface area contributed by atoms with Crippen molar-refractivity contribution in [1.29, 1.82) is 0 Å². The number of rotatable bonds is 6. The van der Waals surface area contributed by atoms with Crippen LogP contribution in [0.25, 0.3) is 0 Å².